The van der Waals surface area contributed by atoms with Gasteiger partial charge in [-0.25, -0.2) is 8.51 Å². The minimum absolute atomic E-state index is 0.172. The Balaban J connectivity index is 2.68. The standard InChI is InChI=1S/C9H12N2OS/c1-9(2)7-6-10-5-4-8(7)13(12)11(9)3/h4-6H,1-3H3. The van der Waals surface area contributed by atoms with Crippen molar-refractivity contribution in [1.29, 1.82) is 0 Å². The van der Waals surface area contributed by atoms with Gasteiger partial charge in [0.15, 0.2) is 0 Å². The van der Waals surface area contributed by atoms with E-state index in [1.165, 1.54) is 0 Å². The number of rotatable bonds is 0. The van der Waals surface area contributed by atoms with E-state index in [1.807, 2.05) is 17.4 Å². The van der Waals surface area contributed by atoms with Crippen LogP contribution in [0.3, 0.4) is 0 Å². The van der Waals surface area contributed by atoms with Gasteiger partial charge in [-0.1, -0.05) is 0 Å². The van der Waals surface area contributed by atoms with Gasteiger partial charge in [0.25, 0.3) is 0 Å². The average Bonchev–Trinajstić information content (AvgIpc) is 2.30. The van der Waals surface area contributed by atoms with Crippen LogP contribution in [0, 0.1) is 0 Å². The van der Waals surface area contributed by atoms with Crippen molar-refractivity contribution in [3.8, 4) is 0 Å². The quantitative estimate of drug-likeness (QED) is 0.626. The van der Waals surface area contributed by atoms with Gasteiger partial charge in [0, 0.05) is 25.0 Å². The van der Waals surface area contributed by atoms with E-state index in [9.17, 15) is 4.21 Å². The van der Waals surface area contributed by atoms with Crippen LogP contribution >= 0.6 is 0 Å². The fraction of sp³-hybridized carbons (Fsp3) is 0.444. The second kappa shape index (κ2) is 2.62. The summed E-state index contributed by atoms with van der Waals surface area (Å²) in [6.45, 7) is 4.11. The number of fused-ring (bicyclic) bond motifs is 1. The zero-order chi connectivity index (χ0) is 9.64. The van der Waals surface area contributed by atoms with E-state index in [4.69, 9.17) is 0 Å². The van der Waals surface area contributed by atoms with Crippen LogP contribution in [0.4, 0.5) is 0 Å². The van der Waals surface area contributed by atoms with Gasteiger partial charge >= 0.3 is 0 Å². The van der Waals surface area contributed by atoms with E-state index >= 15 is 0 Å². The van der Waals surface area contributed by atoms with Crippen LogP contribution in [0.15, 0.2) is 23.4 Å². The molecule has 0 saturated heterocycles. The maximum Gasteiger partial charge on any atom is 0.128 e. The van der Waals surface area contributed by atoms with Gasteiger partial charge < -0.3 is 0 Å². The molecule has 0 spiro atoms. The van der Waals surface area contributed by atoms with E-state index in [1.54, 1.807) is 12.4 Å². The van der Waals surface area contributed by atoms with E-state index in [2.05, 4.69) is 18.8 Å². The zero-order valence-electron chi connectivity index (χ0n) is 7.94. The van der Waals surface area contributed by atoms with Crippen LogP contribution in [0.25, 0.3) is 0 Å². The second-order valence-electron chi connectivity index (χ2n) is 3.68. The summed E-state index contributed by atoms with van der Waals surface area (Å²) in [7, 11) is 0.852. The molecule has 1 aliphatic heterocycles. The first kappa shape index (κ1) is 8.84. The minimum atomic E-state index is -1.02. The molecular formula is C9H12N2OS. The van der Waals surface area contributed by atoms with Crippen molar-refractivity contribution in [2.75, 3.05) is 7.05 Å². The third-order valence-corrected chi connectivity index (χ3v) is 4.35. The van der Waals surface area contributed by atoms with Gasteiger partial charge in [0.05, 0.1) is 10.4 Å². The Morgan fingerprint density at radius 2 is 2.23 bits per heavy atom. The Bertz CT molecular complexity index is 376. The van der Waals surface area contributed by atoms with Crippen LogP contribution in [-0.2, 0) is 16.5 Å². The Morgan fingerprint density at radius 1 is 1.54 bits per heavy atom. The zero-order valence-corrected chi connectivity index (χ0v) is 8.76. The molecule has 0 aliphatic carbocycles. The first-order valence-corrected chi connectivity index (χ1v) is 5.26. The van der Waals surface area contributed by atoms with Gasteiger partial charge in [-0.3, -0.25) is 4.98 Å². The van der Waals surface area contributed by atoms with Crippen LogP contribution in [0.2, 0.25) is 0 Å². The number of hydrogen-bond acceptors (Lipinski definition) is 2. The third kappa shape index (κ3) is 1.05. The summed E-state index contributed by atoms with van der Waals surface area (Å²) in [6, 6.07) is 1.83. The van der Waals surface area contributed by atoms with Crippen molar-refractivity contribution in [1.82, 2.24) is 9.29 Å². The molecule has 0 N–H and O–H groups in total. The summed E-state index contributed by atoms with van der Waals surface area (Å²) in [5, 5.41) is 0. The molecule has 0 saturated carbocycles. The van der Waals surface area contributed by atoms with Crippen molar-refractivity contribution >= 4 is 11.0 Å². The van der Waals surface area contributed by atoms with Crippen LogP contribution in [0.5, 0.6) is 0 Å². The summed E-state index contributed by atoms with van der Waals surface area (Å²) >= 11 is 0. The topological polar surface area (TPSA) is 33.2 Å². The molecule has 4 heteroatoms. The lowest BCUT2D eigenvalue weighted by molar-refractivity contribution is 0.297. The largest absolute Gasteiger partial charge is 0.264 e. The Hall–Kier alpha value is -0.740. The Morgan fingerprint density at radius 3 is 2.85 bits per heavy atom. The van der Waals surface area contributed by atoms with E-state index in [-0.39, 0.29) is 5.54 Å². The molecule has 0 bridgehead atoms. The lowest BCUT2D eigenvalue weighted by Crippen LogP contribution is -2.32. The van der Waals surface area contributed by atoms with Crippen molar-refractivity contribution in [2.24, 2.45) is 0 Å². The first-order chi connectivity index (χ1) is 6.05. The molecule has 1 aliphatic rings. The highest BCUT2D eigenvalue weighted by Gasteiger charge is 2.40. The first-order valence-electron chi connectivity index (χ1n) is 4.15. The summed E-state index contributed by atoms with van der Waals surface area (Å²) in [4.78, 5) is 4.95. The lowest BCUT2D eigenvalue weighted by Gasteiger charge is -2.25. The molecule has 0 aromatic carbocycles. The highest BCUT2D eigenvalue weighted by Crippen LogP contribution is 2.39. The lowest BCUT2D eigenvalue weighted by atomic mass is 9.97. The molecule has 0 radical (unpaired) electrons. The van der Waals surface area contributed by atoms with Gasteiger partial charge in [-0.2, -0.15) is 0 Å². The highest BCUT2D eigenvalue weighted by atomic mass is 32.2. The van der Waals surface area contributed by atoms with Gasteiger partial charge in [0.2, 0.25) is 0 Å². The molecule has 0 amide bonds. The van der Waals surface area contributed by atoms with Crippen LogP contribution in [-0.4, -0.2) is 20.5 Å². The van der Waals surface area contributed by atoms with E-state index in [0.29, 0.717) is 0 Å². The summed E-state index contributed by atoms with van der Waals surface area (Å²) in [5.41, 5.74) is 0.893. The molecule has 1 aromatic heterocycles. The molecule has 1 aromatic rings. The third-order valence-electron chi connectivity index (χ3n) is 2.66. The van der Waals surface area contributed by atoms with Gasteiger partial charge in [0.1, 0.15) is 11.0 Å². The monoisotopic (exact) mass is 196 g/mol. The fourth-order valence-corrected chi connectivity index (χ4v) is 2.99. The summed E-state index contributed by atoms with van der Waals surface area (Å²) in [6.07, 6.45) is 3.49. The molecule has 3 nitrogen and oxygen atoms in total. The fourth-order valence-electron chi connectivity index (χ4n) is 1.52. The smallest absolute Gasteiger partial charge is 0.128 e. The second-order valence-corrected chi connectivity index (χ2v) is 5.16. The average molecular weight is 196 g/mol. The van der Waals surface area contributed by atoms with Gasteiger partial charge in [-0.15, -0.1) is 0 Å². The molecule has 1 unspecified atom stereocenters. The maximum atomic E-state index is 11.8. The Labute approximate surface area is 80.4 Å². The SMILES string of the molecule is CN1S(=O)c2ccncc2C1(C)C. The molecule has 13 heavy (non-hydrogen) atoms. The number of aromatic nitrogens is 1. The van der Waals surface area contributed by atoms with Crippen molar-refractivity contribution in [2.45, 2.75) is 24.3 Å². The molecular weight excluding hydrogens is 184 g/mol. The van der Waals surface area contributed by atoms with Crippen molar-refractivity contribution < 1.29 is 4.21 Å². The van der Waals surface area contributed by atoms with Crippen molar-refractivity contribution in [3.63, 3.8) is 0 Å². The van der Waals surface area contributed by atoms with E-state index in [0.717, 1.165) is 10.5 Å². The normalized spacial score (nSPS) is 25.9. The number of nitrogens with zero attached hydrogens (tertiary/aromatic N) is 2. The van der Waals surface area contributed by atoms with Crippen molar-refractivity contribution in [3.05, 3.63) is 24.0 Å². The maximum absolute atomic E-state index is 11.8. The van der Waals surface area contributed by atoms with Crippen LogP contribution < -0.4 is 0 Å². The van der Waals surface area contributed by atoms with E-state index < -0.39 is 11.0 Å². The molecule has 2 rings (SSSR count). The summed E-state index contributed by atoms with van der Waals surface area (Å²) in [5.74, 6) is 0. The number of pyridine rings is 1. The predicted molar refractivity (Wildman–Crippen MR) is 51.4 cm³/mol. The summed E-state index contributed by atoms with van der Waals surface area (Å²) < 4.78 is 13.7. The molecule has 1 atom stereocenters. The van der Waals surface area contributed by atoms with Gasteiger partial charge in [-0.05, 0) is 19.9 Å². The minimum Gasteiger partial charge on any atom is -0.264 e. The highest BCUT2D eigenvalue weighted by molar-refractivity contribution is 7.83. The molecule has 2 heterocycles. The van der Waals surface area contributed by atoms with Crippen LogP contribution in [0.1, 0.15) is 19.4 Å². The predicted octanol–water partition coefficient (Wildman–Crippen LogP) is 1.28. The molecule has 70 valence electrons. The Kier molecular flexibility index (Phi) is 1.78. The number of hydrogen-bond donors (Lipinski definition) is 0. The molecule has 0 fully saturated rings.